The van der Waals surface area contributed by atoms with E-state index in [0.717, 1.165) is 0 Å². The molecule has 86 valence electrons. The molecule has 1 atom stereocenters. The van der Waals surface area contributed by atoms with Gasteiger partial charge in [0.15, 0.2) is 0 Å². The van der Waals surface area contributed by atoms with Gasteiger partial charge in [0.05, 0.1) is 6.61 Å². The molecule has 0 aromatic carbocycles. The normalized spacial score (nSPS) is 20.3. The second kappa shape index (κ2) is 4.77. The van der Waals surface area contributed by atoms with Gasteiger partial charge in [-0.3, -0.25) is 14.7 Å². The van der Waals surface area contributed by atoms with Crippen LogP contribution in [0.3, 0.4) is 0 Å². The first-order chi connectivity index (χ1) is 6.94. The lowest BCUT2D eigenvalue weighted by Gasteiger charge is -2.17. The van der Waals surface area contributed by atoms with Crippen molar-refractivity contribution in [2.45, 2.75) is 6.92 Å². The van der Waals surface area contributed by atoms with Crippen LogP contribution in [-0.4, -0.2) is 49.4 Å². The van der Waals surface area contributed by atoms with Crippen LogP contribution >= 0.6 is 7.37 Å². The third-order valence-corrected chi connectivity index (χ3v) is 3.86. The molecular formula is C8H15N2O4P. The van der Waals surface area contributed by atoms with Gasteiger partial charge in [-0.1, -0.05) is 0 Å². The predicted molar refractivity (Wildman–Crippen MR) is 55.1 cm³/mol. The highest BCUT2D eigenvalue weighted by atomic mass is 31.2. The first-order valence-corrected chi connectivity index (χ1v) is 7.00. The molecule has 1 fully saturated rings. The molecule has 0 aromatic heterocycles. The molecule has 0 aliphatic carbocycles. The number of urea groups is 1. The Labute approximate surface area is 88.4 Å². The van der Waals surface area contributed by atoms with Crippen molar-refractivity contribution in [2.24, 2.45) is 0 Å². The van der Waals surface area contributed by atoms with Crippen LogP contribution < -0.4 is 5.32 Å². The van der Waals surface area contributed by atoms with Gasteiger partial charge >= 0.3 is 6.03 Å². The van der Waals surface area contributed by atoms with Gasteiger partial charge in [0.2, 0.25) is 13.3 Å². The summed E-state index contributed by atoms with van der Waals surface area (Å²) in [7, 11) is -2.62. The molecule has 0 saturated carbocycles. The van der Waals surface area contributed by atoms with Crippen molar-refractivity contribution in [3.63, 3.8) is 0 Å². The van der Waals surface area contributed by atoms with Crippen molar-refractivity contribution in [3.8, 4) is 0 Å². The lowest BCUT2D eigenvalue weighted by Crippen LogP contribution is -2.30. The molecule has 6 nitrogen and oxygen atoms in total. The molecule has 1 aliphatic heterocycles. The van der Waals surface area contributed by atoms with Crippen molar-refractivity contribution in [2.75, 3.05) is 32.5 Å². The lowest BCUT2D eigenvalue weighted by molar-refractivity contribution is -0.118. The standard InChI is InChI=1S/C8H15N2O4P/c1-3-14-15(2,13)5-4-10-6-7(11)9-8(10)12/h3-6H2,1-2H3,(H,9,11,12). The van der Waals surface area contributed by atoms with E-state index in [1.807, 2.05) is 0 Å². The third-order valence-electron chi connectivity index (χ3n) is 2.05. The summed E-state index contributed by atoms with van der Waals surface area (Å²) >= 11 is 0. The van der Waals surface area contributed by atoms with E-state index in [4.69, 9.17) is 4.52 Å². The average Bonchev–Trinajstić information content (AvgIpc) is 2.42. The van der Waals surface area contributed by atoms with Crippen LogP contribution in [-0.2, 0) is 13.9 Å². The molecule has 7 heteroatoms. The van der Waals surface area contributed by atoms with E-state index in [9.17, 15) is 14.2 Å². The molecule has 0 radical (unpaired) electrons. The van der Waals surface area contributed by atoms with Crippen LogP contribution in [0.5, 0.6) is 0 Å². The van der Waals surface area contributed by atoms with Gasteiger partial charge in [0, 0.05) is 19.4 Å². The topological polar surface area (TPSA) is 75.7 Å². The number of nitrogens with one attached hydrogen (secondary N) is 1. The molecule has 1 saturated heterocycles. The van der Waals surface area contributed by atoms with Gasteiger partial charge in [0.25, 0.3) is 0 Å². The Balaban J connectivity index is 2.40. The minimum absolute atomic E-state index is 0.0466. The summed E-state index contributed by atoms with van der Waals surface area (Å²) in [4.78, 5) is 23.3. The highest BCUT2D eigenvalue weighted by molar-refractivity contribution is 7.58. The first-order valence-electron chi connectivity index (χ1n) is 4.74. The molecule has 1 N–H and O–H groups in total. The van der Waals surface area contributed by atoms with Crippen molar-refractivity contribution in [1.29, 1.82) is 0 Å². The molecule has 1 aliphatic rings. The number of amides is 3. The summed E-state index contributed by atoms with van der Waals surface area (Å²) in [5.74, 6) is -0.317. The number of nitrogens with zero attached hydrogens (tertiary/aromatic N) is 1. The summed E-state index contributed by atoms with van der Waals surface area (Å²) in [5.41, 5.74) is 0. The maximum atomic E-state index is 11.7. The van der Waals surface area contributed by atoms with Crippen molar-refractivity contribution in [1.82, 2.24) is 10.2 Å². The van der Waals surface area contributed by atoms with Crippen molar-refractivity contribution in [3.05, 3.63) is 0 Å². The molecule has 3 amide bonds. The second-order valence-corrected chi connectivity index (χ2v) is 6.16. The van der Waals surface area contributed by atoms with Crippen molar-refractivity contribution >= 4 is 19.3 Å². The maximum absolute atomic E-state index is 11.7. The van der Waals surface area contributed by atoms with Crippen molar-refractivity contribution < 1.29 is 18.7 Å². The van der Waals surface area contributed by atoms with Crippen LogP contribution in [0.4, 0.5) is 4.79 Å². The largest absolute Gasteiger partial charge is 0.329 e. The van der Waals surface area contributed by atoms with E-state index in [-0.39, 0.29) is 25.2 Å². The summed E-state index contributed by atoms with van der Waals surface area (Å²) in [6, 6.07) is -0.420. The number of imide groups is 1. The predicted octanol–water partition coefficient (Wildman–Crippen LogP) is 0.483. The Morgan fingerprint density at radius 2 is 2.20 bits per heavy atom. The lowest BCUT2D eigenvalue weighted by atomic mass is 10.5. The zero-order valence-corrected chi connectivity index (χ0v) is 9.75. The highest BCUT2D eigenvalue weighted by Gasteiger charge is 2.28. The maximum Gasteiger partial charge on any atom is 0.324 e. The SMILES string of the molecule is CCOP(C)(=O)CCN1CC(=O)NC1=O. The third kappa shape index (κ3) is 3.64. The Kier molecular flexibility index (Phi) is 3.88. The summed E-state index contributed by atoms with van der Waals surface area (Å²) in [6.07, 6.45) is 0.279. The fourth-order valence-electron chi connectivity index (χ4n) is 1.30. The molecule has 0 bridgehead atoms. The number of carbonyl (C=O) groups is 2. The van der Waals surface area contributed by atoms with Gasteiger partial charge in [-0.25, -0.2) is 4.79 Å². The Bertz CT molecular complexity index is 318. The van der Waals surface area contributed by atoms with Gasteiger partial charge in [-0.15, -0.1) is 0 Å². The molecule has 1 heterocycles. The zero-order valence-electron chi connectivity index (χ0n) is 8.86. The summed E-state index contributed by atoms with van der Waals surface area (Å²) in [6.45, 7) is 4.02. The number of hydrogen-bond donors (Lipinski definition) is 1. The Hall–Kier alpha value is -0.870. The van der Waals surface area contributed by atoms with Crippen LogP contribution in [0.15, 0.2) is 0 Å². The van der Waals surface area contributed by atoms with Gasteiger partial charge in [-0.2, -0.15) is 0 Å². The van der Waals surface area contributed by atoms with E-state index in [0.29, 0.717) is 6.61 Å². The number of rotatable bonds is 5. The highest BCUT2D eigenvalue weighted by Crippen LogP contribution is 2.41. The van der Waals surface area contributed by atoms with E-state index in [1.165, 1.54) is 11.6 Å². The van der Waals surface area contributed by atoms with Gasteiger partial charge < -0.3 is 9.42 Å². The Morgan fingerprint density at radius 3 is 2.67 bits per heavy atom. The average molecular weight is 234 g/mol. The van der Waals surface area contributed by atoms with E-state index < -0.39 is 13.4 Å². The number of hydrogen-bond acceptors (Lipinski definition) is 4. The molecule has 15 heavy (non-hydrogen) atoms. The van der Waals surface area contributed by atoms with Gasteiger partial charge in [-0.05, 0) is 6.92 Å². The fraction of sp³-hybridized carbons (Fsp3) is 0.750. The smallest absolute Gasteiger partial charge is 0.324 e. The minimum Gasteiger partial charge on any atom is -0.329 e. The van der Waals surface area contributed by atoms with E-state index >= 15 is 0 Å². The number of carbonyl (C=O) groups excluding carboxylic acids is 2. The quantitative estimate of drug-likeness (QED) is 0.554. The van der Waals surface area contributed by atoms with Crippen LogP contribution in [0.25, 0.3) is 0 Å². The fourth-order valence-corrected chi connectivity index (χ4v) is 2.58. The van der Waals surface area contributed by atoms with Crippen LogP contribution in [0, 0.1) is 0 Å². The summed E-state index contributed by atoms with van der Waals surface area (Å²) in [5, 5.41) is 2.15. The van der Waals surface area contributed by atoms with Crippen LogP contribution in [0.2, 0.25) is 0 Å². The molecular weight excluding hydrogens is 219 g/mol. The first kappa shape index (κ1) is 12.2. The molecule has 0 spiro atoms. The van der Waals surface area contributed by atoms with Gasteiger partial charge in [0.1, 0.15) is 6.54 Å². The monoisotopic (exact) mass is 234 g/mol. The second-order valence-electron chi connectivity index (χ2n) is 3.43. The molecule has 1 unspecified atom stereocenters. The minimum atomic E-state index is -2.62. The zero-order chi connectivity index (χ0) is 11.5. The summed E-state index contributed by atoms with van der Waals surface area (Å²) < 4.78 is 16.8. The Morgan fingerprint density at radius 1 is 1.53 bits per heavy atom. The molecule has 0 aromatic rings. The van der Waals surface area contributed by atoms with E-state index in [2.05, 4.69) is 5.32 Å². The van der Waals surface area contributed by atoms with Crippen LogP contribution in [0.1, 0.15) is 6.92 Å². The van der Waals surface area contributed by atoms with E-state index in [1.54, 1.807) is 6.92 Å². The molecule has 1 rings (SSSR count).